The number of rotatable bonds is 6. The summed E-state index contributed by atoms with van der Waals surface area (Å²) in [5, 5.41) is 2.75. The van der Waals surface area contributed by atoms with Crippen LogP contribution in [0.4, 0.5) is 10.5 Å². The van der Waals surface area contributed by atoms with Gasteiger partial charge in [0.15, 0.2) is 0 Å². The van der Waals surface area contributed by atoms with Crippen molar-refractivity contribution in [2.24, 2.45) is 0 Å². The number of hydrogen-bond acceptors (Lipinski definition) is 6. The minimum atomic E-state index is -3.77. The summed E-state index contributed by atoms with van der Waals surface area (Å²) in [6.45, 7) is 2.17. The van der Waals surface area contributed by atoms with Gasteiger partial charge in [0.2, 0.25) is 15.9 Å². The highest BCUT2D eigenvalue weighted by Crippen LogP contribution is 2.28. The van der Waals surface area contributed by atoms with Gasteiger partial charge in [-0.25, -0.2) is 8.42 Å². The molecule has 11 heteroatoms. The molecule has 2 amide bonds. The van der Waals surface area contributed by atoms with Gasteiger partial charge < -0.3 is 15.0 Å². The number of ether oxygens (including phenoxy) is 1. The lowest BCUT2D eigenvalue weighted by Crippen LogP contribution is -2.40. The summed E-state index contributed by atoms with van der Waals surface area (Å²) < 4.78 is 32.1. The Labute approximate surface area is 167 Å². The fourth-order valence-corrected chi connectivity index (χ4v) is 5.55. The lowest BCUT2D eigenvalue weighted by Gasteiger charge is -2.26. The average molecular weight is 434 g/mol. The van der Waals surface area contributed by atoms with Crippen LogP contribution in [0.5, 0.6) is 0 Å². The summed E-state index contributed by atoms with van der Waals surface area (Å²) in [6.07, 6.45) is 0.139. The molecule has 0 spiro atoms. The highest BCUT2D eigenvalue weighted by Gasteiger charge is 2.29. The fraction of sp³-hybridized carbons (Fsp3) is 0.500. The second-order valence-electron chi connectivity index (χ2n) is 6.06. The second-order valence-corrected chi connectivity index (χ2v) is 9.42. The van der Waals surface area contributed by atoms with Gasteiger partial charge in [-0.2, -0.15) is 4.31 Å². The number of anilines is 1. The number of nitrogens with one attached hydrogen (secondary N) is 1. The fourth-order valence-electron chi connectivity index (χ4n) is 2.79. The van der Waals surface area contributed by atoms with E-state index in [0.29, 0.717) is 32.0 Å². The number of hydrogen-bond donors (Lipinski definition) is 1. The van der Waals surface area contributed by atoms with Crippen LogP contribution >= 0.6 is 23.4 Å². The van der Waals surface area contributed by atoms with Crippen molar-refractivity contribution in [2.45, 2.75) is 11.3 Å². The van der Waals surface area contributed by atoms with E-state index in [0.717, 1.165) is 5.75 Å². The zero-order valence-corrected chi connectivity index (χ0v) is 16.9. The van der Waals surface area contributed by atoms with Gasteiger partial charge in [-0.05, 0) is 18.2 Å². The molecular weight excluding hydrogens is 414 g/mol. The normalized spacial score (nSPS) is 18.7. The molecule has 8 nitrogen and oxygen atoms in total. The number of carbonyl (C=O) groups excluding carboxylic acids is 2. The predicted octanol–water partition coefficient (Wildman–Crippen LogP) is 1.86. The van der Waals surface area contributed by atoms with Gasteiger partial charge in [-0.1, -0.05) is 23.4 Å². The Morgan fingerprint density at radius 2 is 2.00 bits per heavy atom. The first-order valence-corrected chi connectivity index (χ1v) is 11.3. The summed E-state index contributed by atoms with van der Waals surface area (Å²) in [7, 11) is -3.77. The van der Waals surface area contributed by atoms with Crippen LogP contribution in [0, 0.1) is 0 Å². The van der Waals surface area contributed by atoms with Gasteiger partial charge in [0, 0.05) is 44.0 Å². The van der Waals surface area contributed by atoms with Gasteiger partial charge in [0.1, 0.15) is 4.90 Å². The molecular formula is C16H20ClN3O5S2. The highest BCUT2D eigenvalue weighted by atomic mass is 35.5. The quantitative estimate of drug-likeness (QED) is 0.735. The Morgan fingerprint density at radius 3 is 2.67 bits per heavy atom. The van der Waals surface area contributed by atoms with Crippen LogP contribution in [0.3, 0.4) is 0 Å². The molecule has 0 atom stereocenters. The molecule has 148 valence electrons. The van der Waals surface area contributed by atoms with E-state index in [1.807, 2.05) is 0 Å². The smallest absolute Gasteiger partial charge is 0.281 e. The molecule has 0 aromatic heterocycles. The molecule has 27 heavy (non-hydrogen) atoms. The van der Waals surface area contributed by atoms with Crippen molar-refractivity contribution in [3.8, 4) is 0 Å². The number of halogens is 1. The van der Waals surface area contributed by atoms with Crippen molar-refractivity contribution in [3.63, 3.8) is 0 Å². The molecule has 1 N–H and O–H groups in total. The van der Waals surface area contributed by atoms with Crippen LogP contribution in [-0.2, 0) is 19.6 Å². The van der Waals surface area contributed by atoms with Gasteiger partial charge in [-0.15, -0.1) is 0 Å². The summed E-state index contributed by atoms with van der Waals surface area (Å²) >= 11 is 7.34. The predicted molar refractivity (Wildman–Crippen MR) is 104 cm³/mol. The lowest BCUT2D eigenvalue weighted by atomic mass is 10.3. The first kappa shape index (κ1) is 20.4. The third-order valence-electron chi connectivity index (χ3n) is 4.26. The van der Waals surface area contributed by atoms with Gasteiger partial charge in [-0.3, -0.25) is 9.59 Å². The minimum absolute atomic E-state index is 0.0202. The van der Waals surface area contributed by atoms with Crippen molar-refractivity contribution in [1.82, 2.24) is 9.21 Å². The molecule has 2 saturated heterocycles. The summed E-state index contributed by atoms with van der Waals surface area (Å²) in [4.78, 5) is 25.3. The number of carbonyl (C=O) groups is 2. The number of morpholine rings is 1. The Morgan fingerprint density at radius 1 is 1.26 bits per heavy atom. The molecule has 2 aliphatic heterocycles. The van der Waals surface area contributed by atoms with Crippen LogP contribution in [-0.4, -0.2) is 73.9 Å². The molecule has 0 radical (unpaired) electrons. The third-order valence-corrected chi connectivity index (χ3v) is 7.53. The van der Waals surface area contributed by atoms with Crippen LogP contribution in [0.1, 0.15) is 6.42 Å². The summed E-state index contributed by atoms with van der Waals surface area (Å²) in [5.74, 6) is 0.442. The molecule has 0 aliphatic carbocycles. The van der Waals surface area contributed by atoms with Crippen molar-refractivity contribution >= 4 is 50.2 Å². The van der Waals surface area contributed by atoms with Crippen LogP contribution in [0.15, 0.2) is 23.1 Å². The number of nitrogens with zero attached hydrogens (tertiary/aromatic N) is 2. The maximum atomic E-state index is 12.8. The topological polar surface area (TPSA) is 96.0 Å². The third kappa shape index (κ3) is 4.94. The molecule has 1 aromatic rings. The molecule has 2 fully saturated rings. The van der Waals surface area contributed by atoms with E-state index >= 15 is 0 Å². The second kappa shape index (κ2) is 8.78. The Kier molecular flexibility index (Phi) is 6.64. The monoisotopic (exact) mass is 433 g/mol. The van der Waals surface area contributed by atoms with E-state index in [1.54, 1.807) is 11.0 Å². The summed E-state index contributed by atoms with van der Waals surface area (Å²) in [6, 6.07) is 4.36. The molecule has 3 rings (SSSR count). The van der Waals surface area contributed by atoms with E-state index in [-0.39, 0.29) is 40.6 Å². The van der Waals surface area contributed by atoms with Gasteiger partial charge in [0.25, 0.3) is 5.24 Å². The van der Waals surface area contributed by atoms with Crippen LogP contribution in [0.25, 0.3) is 0 Å². The number of thioether (sulfide) groups is 1. The van der Waals surface area contributed by atoms with Crippen LogP contribution < -0.4 is 5.32 Å². The summed E-state index contributed by atoms with van der Waals surface area (Å²) in [5.41, 5.74) is 0.346. The molecule has 1 aromatic carbocycles. The lowest BCUT2D eigenvalue weighted by molar-refractivity contribution is -0.116. The van der Waals surface area contributed by atoms with Crippen molar-refractivity contribution in [2.75, 3.05) is 50.5 Å². The molecule has 0 saturated carbocycles. The first-order chi connectivity index (χ1) is 12.9. The van der Waals surface area contributed by atoms with E-state index in [2.05, 4.69) is 5.32 Å². The number of benzene rings is 1. The van der Waals surface area contributed by atoms with E-state index < -0.39 is 10.0 Å². The first-order valence-electron chi connectivity index (χ1n) is 8.47. The molecule has 2 aliphatic rings. The van der Waals surface area contributed by atoms with Crippen molar-refractivity contribution in [1.29, 1.82) is 0 Å². The van der Waals surface area contributed by atoms with E-state index in [9.17, 15) is 18.0 Å². The van der Waals surface area contributed by atoms with Gasteiger partial charge >= 0.3 is 0 Å². The molecule has 2 heterocycles. The highest BCUT2D eigenvalue weighted by molar-refractivity contribution is 8.13. The van der Waals surface area contributed by atoms with Crippen LogP contribution in [0.2, 0.25) is 5.02 Å². The standard InChI is InChI=1S/C16H20ClN3O5S2/c17-13-2-1-12(18-15(21)3-4-19-7-10-26-16(19)22)11-14(13)27(23,24)20-5-8-25-9-6-20/h1-2,11H,3-10H2,(H,18,21). The Balaban J connectivity index is 1.67. The maximum absolute atomic E-state index is 12.8. The zero-order chi connectivity index (χ0) is 19.4. The average Bonchev–Trinajstić information content (AvgIpc) is 3.07. The van der Waals surface area contributed by atoms with Crippen molar-refractivity contribution < 1.29 is 22.7 Å². The Bertz CT molecular complexity index is 827. The van der Waals surface area contributed by atoms with E-state index in [1.165, 1.54) is 28.2 Å². The maximum Gasteiger partial charge on any atom is 0.281 e. The SMILES string of the molecule is O=C(CCN1CCSC1=O)Nc1ccc(Cl)c(S(=O)(=O)N2CCOCC2)c1. The number of sulfonamides is 1. The van der Waals surface area contributed by atoms with E-state index in [4.69, 9.17) is 16.3 Å². The Hall–Kier alpha value is -1.33. The largest absolute Gasteiger partial charge is 0.379 e. The minimum Gasteiger partial charge on any atom is -0.379 e. The zero-order valence-electron chi connectivity index (χ0n) is 14.5. The molecule has 0 bridgehead atoms. The van der Waals surface area contributed by atoms with Crippen molar-refractivity contribution in [3.05, 3.63) is 23.2 Å². The van der Waals surface area contributed by atoms with Gasteiger partial charge in [0.05, 0.1) is 18.2 Å². The number of amides is 2. The molecule has 0 unspecified atom stereocenters.